The third kappa shape index (κ3) is 3.73. The average Bonchev–Trinajstić information content (AvgIpc) is 3.05. The zero-order chi connectivity index (χ0) is 16.4. The number of hydrogen-bond donors (Lipinski definition) is 0. The van der Waals surface area contributed by atoms with Gasteiger partial charge in [-0.05, 0) is 18.2 Å². The lowest BCUT2D eigenvalue weighted by Crippen LogP contribution is -2.51. The number of hydrogen-bond acceptors (Lipinski definition) is 5. The molecular formula is C14H17BrN2O3S3. The van der Waals surface area contributed by atoms with Gasteiger partial charge in [0.25, 0.3) is 0 Å². The van der Waals surface area contributed by atoms with Crippen LogP contribution in [0.15, 0.2) is 33.6 Å². The molecule has 0 N–H and O–H groups in total. The minimum Gasteiger partial charge on any atom is -0.340 e. The van der Waals surface area contributed by atoms with E-state index in [1.54, 1.807) is 29.2 Å². The lowest BCUT2D eigenvalue weighted by Gasteiger charge is -2.31. The lowest BCUT2D eigenvalue weighted by molar-refractivity contribution is -0.133. The number of nitrogens with zero attached hydrogens (tertiary/aromatic N) is 2. The Labute approximate surface area is 153 Å². The molecule has 2 aliphatic rings. The van der Waals surface area contributed by atoms with Gasteiger partial charge in [-0.2, -0.15) is 16.1 Å². The molecule has 23 heavy (non-hydrogen) atoms. The van der Waals surface area contributed by atoms with E-state index in [4.69, 9.17) is 0 Å². The molecule has 9 heteroatoms. The second-order valence-electron chi connectivity index (χ2n) is 5.30. The van der Waals surface area contributed by atoms with Crippen LogP contribution in [0.4, 0.5) is 0 Å². The topological polar surface area (TPSA) is 57.7 Å². The number of benzene rings is 1. The summed E-state index contributed by atoms with van der Waals surface area (Å²) in [6, 6.07) is 6.04. The Hall–Kier alpha value is -0.220. The predicted molar refractivity (Wildman–Crippen MR) is 98.2 cm³/mol. The van der Waals surface area contributed by atoms with Crippen LogP contribution in [0.3, 0.4) is 0 Å². The standard InChI is InChI=1S/C14H17BrN2O3S3/c15-11-2-1-3-12(8-11)23(19,20)17-10-22-9-13(17)14(18)16-4-6-21-7-5-16/h1-3,8,13H,4-7,9-10H2/t13-/m0/s1. The number of sulfonamides is 1. The molecule has 1 amide bonds. The molecule has 0 radical (unpaired) electrons. The first kappa shape index (κ1) is 17.6. The highest BCUT2D eigenvalue weighted by atomic mass is 79.9. The van der Waals surface area contributed by atoms with E-state index in [1.165, 1.54) is 16.1 Å². The molecule has 0 aromatic heterocycles. The van der Waals surface area contributed by atoms with Gasteiger partial charge in [0.15, 0.2) is 0 Å². The highest BCUT2D eigenvalue weighted by Gasteiger charge is 2.41. The molecule has 2 fully saturated rings. The summed E-state index contributed by atoms with van der Waals surface area (Å²) < 4.78 is 27.9. The maximum atomic E-state index is 12.9. The Balaban J connectivity index is 1.84. The van der Waals surface area contributed by atoms with Crippen molar-refractivity contribution in [3.05, 3.63) is 28.7 Å². The minimum atomic E-state index is -3.66. The molecule has 2 heterocycles. The maximum Gasteiger partial charge on any atom is 0.244 e. The summed E-state index contributed by atoms with van der Waals surface area (Å²) >= 11 is 6.62. The van der Waals surface area contributed by atoms with Crippen LogP contribution in [0.2, 0.25) is 0 Å². The monoisotopic (exact) mass is 436 g/mol. The van der Waals surface area contributed by atoms with Crippen LogP contribution in [0.1, 0.15) is 0 Å². The zero-order valence-electron chi connectivity index (χ0n) is 12.4. The molecule has 0 saturated carbocycles. The summed E-state index contributed by atoms with van der Waals surface area (Å²) in [6.45, 7) is 1.41. The number of carbonyl (C=O) groups is 1. The molecule has 126 valence electrons. The van der Waals surface area contributed by atoms with Gasteiger partial charge in [0.1, 0.15) is 6.04 Å². The van der Waals surface area contributed by atoms with Gasteiger partial charge in [-0.15, -0.1) is 11.8 Å². The molecule has 3 rings (SSSR count). The van der Waals surface area contributed by atoms with Crippen molar-refractivity contribution in [3.63, 3.8) is 0 Å². The molecule has 1 atom stereocenters. The second-order valence-corrected chi connectivity index (χ2v) is 10.3. The molecule has 0 aliphatic carbocycles. The molecule has 2 aliphatic heterocycles. The van der Waals surface area contributed by atoms with E-state index in [0.717, 1.165) is 11.5 Å². The third-order valence-corrected chi connectivity index (χ3v) is 8.31. The zero-order valence-corrected chi connectivity index (χ0v) is 16.4. The van der Waals surface area contributed by atoms with Crippen LogP contribution in [-0.4, -0.2) is 65.8 Å². The van der Waals surface area contributed by atoms with Gasteiger partial charge >= 0.3 is 0 Å². The Morgan fingerprint density at radius 3 is 2.65 bits per heavy atom. The SMILES string of the molecule is O=C([C@@H]1CSCN1S(=O)(=O)c1cccc(Br)c1)N1CCSCC1. The van der Waals surface area contributed by atoms with Gasteiger partial charge in [0.2, 0.25) is 15.9 Å². The summed E-state index contributed by atoms with van der Waals surface area (Å²) in [4.78, 5) is 14.8. The predicted octanol–water partition coefficient (Wildman–Crippen LogP) is 2.09. The fourth-order valence-electron chi connectivity index (χ4n) is 2.62. The molecule has 1 aromatic rings. The number of halogens is 1. The van der Waals surface area contributed by atoms with Crippen molar-refractivity contribution in [3.8, 4) is 0 Å². The molecule has 0 bridgehead atoms. The fourth-order valence-corrected chi connectivity index (χ4v) is 7.25. The van der Waals surface area contributed by atoms with Gasteiger partial charge in [-0.1, -0.05) is 22.0 Å². The van der Waals surface area contributed by atoms with Crippen molar-refractivity contribution in [2.24, 2.45) is 0 Å². The smallest absolute Gasteiger partial charge is 0.244 e. The first-order chi connectivity index (χ1) is 11.0. The van der Waals surface area contributed by atoms with Crippen molar-refractivity contribution < 1.29 is 13.2 Å². The van der Waals surface area contributed by atoms with Crippen LogP contribution in [0, 0.1) is 0 Å². The number of carbonyl (C=O) groups excluding carboxylic acids is 1. The van der Waals surface area contributed by atoms with Crippen molar-refractivity contribution in [1.29, 1.82) is 0 Å². The Bertz CT molecular complexity index is 692. The molecule has 2 saturated heterocycles. The van der Waals surface area contributed by atoms with E-state index in [9.17, 15) is 13.2 Å². The summed E-state index contributed by atoms with van der Waals surface area (Å²) in [7, 11) is -3.66. The summed E-state index contributed by atoms with van der Waals surface area (Å²) in [5, 5.41) is 0. The van der Waals surface area contributed by atoms with E-state index in [1.807, 2.05) is 11.8 Å². The van der Waals surface area contributed by atoms with E-state index in [0.29, 0.717) is 29.2 Å². The van der Waals surface area contributed by atoms with Gasteiger partial charge in [-0.3, -0.25) is 4.79 Å². The van der Waals surface area contributed by atoms with Crippen LogP contribution in [0.5, 0.6) is 0 Å². The summed E-state index contributed by atoms with van der Waals surface area (Å²) in [5.41, 5.74) is 0. The van der Waals surface area contributed by atoms with Crippen molar-refractivity contribution >= 4 is 55.4 Å². The van der Waals surface area contributed by atoms with Crippen LogP contribution < -0.4 is 0 Å². The minimum absolute atomic E-state index is 0.0612. The third-order valence-electron chi connectivity index (χ3n) is 3.85. The van der Waals surface area contributed by atoms with Gasteiger partial charge in [0, 0.05) is 34.8 Å². The Morgan fingerprint density at radius 2 is 1.96 bits per heavy atom. The van der Waals surface area contributed by atoms with E-state index in [2.05, 4.69) is 15.9 Å². The first-order valence-corrected chi connectivity index (χ1v) is 11.8. The normalized spacial score (nSPS) is 23.2. The average molecular weight is 437 g/mol. The van der Waals surface area contributed by atoms with E-state index < -0.39 is 16.1 Å². The Kier molecular flexibility index (Phi) is 5.62. The van der Waals surface area contributed by atoms with Crippen LogP contribution in [0.25, 0.3) is 0 Å². The summed E-state index contributed by atoms with van der Waals surface area (Å²) in [6.07, 6.45) is 0. The highest BCUT2D eigenvalue weighted by molar-refractivity contribution is 9.10. The first-order valence-electron chi connectivity index (χ1n) is 7.22. The van der Waals surface area contributed by atoms with Crippen LogP contribution >= 0.6 is 39.5 Å². The molecule has 0 spiro atoms. The lowest BCUT2D eigenvalue weighted by atomic mass is 10.3. The largest absolute Gasteiger partial charge is 0.340 e. The number of thioether (sulfide) groups is 2. The number of amides is 1. The maximum absolute atomic E-state index is 12.9. The van der Waals surface area contributed by atoms with Gasteiger partial charge < -0.3 is 4.90 Å². The fraction of sp³-hybridized carbons (Fsp3) is 0.500. The molecular weight excluding hydrogens is 420 g/mol. The summed E-state index contributed by atoms with van der Waals surface area (Å²) in [5.74, 6) is 2.63. The van der Waals surface area contributed by atoms with Gasteiger partial charge in [0.05, 0.1) is 10.8 Å². The number of rotatable bonds is 3. The molecule has 0 unspecified atom stereocenters. The second kappa shape index (κ2) is 7.35. The quantitative estimate of drug-likeness (QED) is 0.725. The van der Waals surface area contributed by atoms with Crippen molar-refractivity contribution in [2.75, 3.05) is 36.2 Å². The highest BCUT2D eigenvalue weighted by Crippen LogP contribution is 2.30. The molecule has 5 nitrogen and oxygen atoms in total. The van der Waals surface area contributed by atoms with Gasteiger partial charge in [-0.25, -0.2) is 8.42 Å². The van der Waals surface area contributed by atoms with Crippen molar-refractivity contribution in [2.45, 2.75) is 10.9 Å². The van der Waals surface area contributed by atoms with Crippen LogP contribution in [-0.2, 0) is 14.8 Å². The van der Waals surface area contributed by atoms with E-state index >= 15 is 0 Å². The molecule has 1 aromatic carbocycles. The van der Waals surface area contributed by atoms with E-state index in [-0.39, 0.29) is 10.8 Å². The van der Waals surface area contributed by atoms with Crippen molar-refractivity contribution in [1.82, 2.24) is 9.21 Å². The Morgan fingerprint density at radius 1 is 1.22 bits per heavy atom.